The highest BCUT2D eigenvalue weighted by Crippen LogP contribution is 2.45. The van der Waals surface area contributed by atoms with Gasteiger partial charge in [0.25, 0.3) is 0 Å². The van der Waals surface area contributed by atoms with Gasteiger partial charge in [-0.1, -0.05) is 19.8 Å². The largest absolute Gasteiger partial charge is 0.432 e. The molecule has 6 heteroatoms. The summed E-state index contributed by atoms with van der Waals surface area (Å²) in [7, 11) is 0. The molecule has 27 heavy (non-hydrogen) atoms. The Morgan fingerprint density at radius 2 is 1.41 bits per heavy atom. The summed E-state index contributed by atoms with van der Waals surface area (Å²) in [5.74, 6) is -4.46. The third kappa shape index (κ3) is 4.40. The van der Waals surface area contributed by atoms with Gasteiger partial charge in [0.05, 0.1) is 5.92 Å². The van der Waals surface area contributed by atoms with E-state index in [4.69, 9.17) is 4.74 Å². The smallest absolute Gasteiger partial charge is 0.400 e. The summed E-state index contributed by atoms with van der Waals surface area (Å²) in [6.45, 7) is 3.36. The van der Waals surface area contributed by atoms with Gasteiger partial charge in [0.1, 0.15) is 5.75 Å². The molecule has 2 saturated carbocycles. The van der Waals surface area contributed by atoms with Gasteiger partial charge < -0.3 is 4.74 Å². The summed E-state index contributed by atoms with van der Waals surface area (Å²) in [6, 6.07) is 0.497. The number of hydrogen-bond acceptors (Lipinski definition) is 1. The van der Waals surface area contributed by atoms with E-state index in [1.54, 1.807) is 0 Å². The number of ether oxygens (including phenoxy) is 1. The Morgan fingerprint density at radius 1 is 0.889 bits per heavy atom. The molecule has 3 rings (SSSR count). The first-order valence-electron chi connectivity index (χ1n) is 9.90. The lowest BCUT2D eigenvalue weighted by molar-refractivity contribution is -0.224. The van der Waals surface area contributed by atoms with Crippen molar-refractivity contribution in [2.24, 2.45) is 23.7 Å². The average Bonchev–Trinajstić information content (AvgIpc) is 2.65. The maximum Gasteiger partial charge on any atom is 0.400 e. The summed E-state index contributed by atoms with van der Waals surface area (Å²) in [4.78, 5) is 0. The first-order valence-corrected chi connectivity index (χ1v) is 9.90. The Bertz CT molecular complexity index is 670. The van der Waals surface area contributed by atoms with Crippen molar-refractivity contribution in [3.05, 3.63) is 29.1 Å². The molecule has 1 aromatic carbocycles. The van der Waals surface area contributed by atoms with E-state index in [0.29, 0.717) is 30.7 Å². The van der Waals surface area contributed by atoms with Crippen LogP contribution in [0, 0.1) is 48.0 Å². The first kappa shape index (κ1) is 20.4. The molecule has 0 N–H and O–H groups in total. The molecule has 1 aromatic rings. The van der Waals surface area contributed by atoms with Crippen LogP contribution in [0.3, 0.4) is 0 Å². The summed E-state index contributed by atoms with van der Waals surface area (Å²) >= 11 is 0. The normalized spacial score (nSPS) is 29.6. The van der Waals surface area contributed by atoms with E-state index in [-0.39, 0.29) is 2.85 Å². The van der Waals surface area contributed by atoms with Gasteiger partial charge in [-0.15, -0.1) is 0 Å². The molecule has 0 unspecified atom stereocenters. The van der Waals surface area contributed by atoms with Crippen molar-refractivity contribution in [3.8, 4) is 5.75 Å². The third-order valence-electron chi connectivity index (χ3n) is 6.58. The zero-order valence-electron chi connectivity index (χ0n) is 15.8. The SMILES string of the molecule is Cc1c(OC(F)(F)C2CCC(C3CCC(C)CC3)CC2)cc(F)c(F)c1F.[HH].[HH]. The fraction of sp³-hybridized carbons (Fsp3) is 0.714. The topological polar surface area (TPSA) is 9.23 Å². The van der Waals surface area contributed by atoms with Gasteiger partial charge in [-0.05, 0) is 63.2 Å². The molecule has 0 saturated heterocycles. The summed E-state index contributed by atoms with van der Waals surface area (Å²) in [5, 5.41) is 0. The standard InChI is InChI=1S/C21H27F5O.2H2/c1-12-3-5-14(6-4-12)15-7-9-16(10-8-15)21(25,26)27-18-11-17(22)20(24)19(23)13(18)2;;/h11-12,14-16H,3-10H2,1-2H3;2*1H. The van der Waals surface area contributed by atoms with Gasteiger partial charge >= 0.3 is 6.11 Å². The number of alkyl halides is 2. The van der Waals surface area contributed by atoms with Crippen molar-refractivity contribution < 1.29 is 29.5 Å². The number of benzene rings is 1. The maximum atomic E-state index is 14.6. The summed E-state index contributed by atoms with van der Waals surface area (Å²) < 4.78 is 74.1. The molecule has 0 heterocycles. The molecule has 0 radical (unpaired) electrons. The van der Waals surface area contributed by atoms with Crippen LogP contribution >= 0.6 is 0 Å². The zero-order chi connectivity index (χ0) is 19.8. The van der Waals surface area contributed by atoms with E-state index in [1.807, 2.05) is 0 Å². The molecule has 2 fully saturated rings. The number of rotatable bonds is 4. The van der Waals surface area contributed by atoms with Crippen LogP contribution in [-0.4, -0.2) is 6.11 Å². The lowest BCUT2D eigenvalue weighted by Crippen LogP contribution is -2.38. The van der Waals surface area contributed by atoms with Gasteiger partial charge in [-0.25, -0.2) is 13.2 Å². The van der Waals surface area contributed by atoms with Gasteiger partial charge in [0.15, 0.2) is 17.5 Å². The van der Waals surface area contributed by atoms with Crippen molar-refractivity contribution in [2.45, 2.75) is 71.3 Å². The second-order valence-electron chi connectivity index (χ2n) is 8.41. The van der Waals surface area contributed by atoms with E-state index in [2.05, 4.69) is 6.92 Å². The van der Waals surface area contributed by atoms with Crippen molar-refractivity contribution in [2.75, 3.05) is 0 Å². The van der Waals surface area contributed by atoms with E-state index >= 15 is 0 Å². The predicted octanol–water partition coefficient (Wildman–Crippen LogP) is 7.51. The quantitative estimate of drug-likeness (QED) is 0.379. The minimum absolute atomic E-state index is 0. The molecule has 0 bridgehead atoms. The highest BCUT2D eigenvalue weighted by Gasteiger charge is 2.45. The van der Waals surface area contributed by atoms with Gasteiger partial charge in [0.2, 0.25) is 0 Å². The molecular weight excluding hydrogens is 363 g/mol. The molecule has 0 atom stereocenters. The van der Waals surface area contributed by atoms with Crippen molar-refractivity contribution >= 4 is 0 Å². The molecule has 0 amide bonds. The molecule has 2 aliphatic rings. The van der Waals surface area contributed by atoms with Crippen LogP contribution in [0.5, 0.6) is 5.75 Å². The Kier molecular flexibility index (Phi) is 6.02. The summed E-state index contributed by atoms with van der Waals surface area (Å²) in [6.07, 6.45) is 3.36. The Hall–Kier alpha value is -1.33. The van der Waals surface area contributed by atoms with Crippen LogP contribution in [0.2, 0.25) is 0 Å². The second kappa shape index (κ2) is 7.96. The zero-order valence-corrected chi connectivity index (χ0v) is 15.8. The van der Waals surface area contributed by atoms with Crippen LogP contribution in [0.1, 0.15) is 66.7 Å². The van der Waals surface area contributed by atoms with Crippen LogP contribution in [0.15, 0.2) is 6.07 Å². The summed E-state index contributed by atoms with van der Waals surface area (Å²) in [5.41, 5.74) is -0.446. The molecule has 1 nitrogen and oxygen atoms in total. The molecule has 2 aliphatic carbocycles. The predicted molar refractivity (Wildman–Crippen MR) is 97.4 cm³/mol. The number of hydrogen-bond donors (Lipinski definition) is 0. The fourth-order valence-corrected chi connectivity index (χ4v) is 4.68. The maximum absolute atomic E-state index is 14.6. The molecule has 0 aliphatic heterocycles. The van der Waals surface area contributed by atoms with Gasteiger partial charge in [0, 0.05) is 14.5 Å². The van der Waals surface area contributed by atoms with Crippen LogP contribution in [0.25, 0.3) is 0 Å². The fourth-order valence-electron chi connectivity index (χ4n) is 4.68. The molecule has 0 aromatic heterocycles. The van der Waals surface area contributed by atoms with E-state index in [0.717, 1.165) is 25.7 Å². The van der Waals surface area contributed by atoms with Gasteiger partial charge in [-0.3, -0.25) is 0 Å². The van der Waals surface area contributed by atoms with Crippen LogP contribution in [0.4, 0.5) is 22.0 Å². The van der Waals surface area contributed by atoms with Gasteiger partial charge in [-0.2, -0.15) is 8.78 Å². The highest BCUT2D eigenvalue weighted by atomic mass is 19.3. The van der Waals surface area contributed by atoms with Crippen molar-refractivity contribution in [3.63, 3.8) is 0 Å². The molecule has 0 spiro atoms. The third-order valence-corrected chi connectivity index (χ3v) is 6.58. The van der Waals surface area contributed by atoms with E-state index in [9.17, 15) is 22.0 Å². The number of halogens is 5. The van der Waals surface area contributed by atoms with E-state index in [1.165, 1.54) is 25.7 Å². The Labute approximate surface area is 160 Å². The lowest BCUT2D eigenvalue weighted by Gasteiger charge is -2.39. The Morgan fingerprint density at radius 3 is 1.96 bits per heavy atom. The second-order valence-corrected chi connectivity index (χ2v) is 8.41. The van der Waals surface area contributed by atoms with E-state index < -0.39 is 40.8 Å². The van der Waals surface area contributed by atoms with Crippen LogP contribution in [-0.2, 0) is 0 Å². The average molecular weight is 394 g/mol. The highest BCUT2D eigenvalue weighted by molar-refractivity contribution is 5.35. The minimum Gasteiger partial charge on any atom is -0.432 e. The molecular formula is C21H31F5O. The lowest BCUT2D eigenvalue weighted by atomic mass is 9.69. The van der Waals surface area contributed by atoms with Crippen LogP contribution < -0.4 is 4.74 Å². The van der Waals surface area contributed by atoms with Crippen molar-refractivity contribution in [1.82, 2.24) is 0 Å². The van der Waals surface area contributed by atoms with Crippen molar-refractivity contribution in [1.29, 1.82) is 0 Å². The minimum atomic E-state index is -3.53. The Balaban J connectivity index is 0.00000210. The monoisotopic (exact) mass is 394 g/mol. The first-order chi connectivity index (χ1) is 12.7. The molecule has 156 valence electrons.